The summed E-state index contributed by atoms with van der Waals surface area (Å²) < 4.78 is 0. The molecule has 0 bridgehead atoms. The van der Waals surface area contributed by atoms with Gasteiger partial charge >= 0.3 is 0 Å². The lowest BCUT2D eigenvalue weighted by Gasteiger charge is -2.28. The average Bonchev–Trinajstić information content (AvgIpc) is 2.27. The Bertz CT molecular complexity index is 421. The zero-order valence-corrected chi connectivity index (χ0v) is 12.8. The summed E-state index contributed by atoms with van der Waals surface area (Å²) in [6.07, 6.45) is 0.840. The van der Waals surface area contributed by atoms with Crippen molar-refractivity contribution in [3.63, 3.8) is 0 Å². The van der Waals surface area contributed by atoms with Crippen molar-refractivity contribution in [1.82, 2.24) is 5.32 Å². The van der Waals surface area contributed by atoms with Crippen LogP contribution < -0.4 is 11.1 Å². The van der Waals surface area contributed by atoms with Gasteiger partial charge < -0.3 is 11.1 Å². The summed E-state index contributed by atoms with van der Waals surface area (Å²) in [5, 5.41) is 3.69. The van der Waals surface area contributed by atoms with Crippen molar-refractivity contribution in [2.75, 3.05) is 0 Å². The average molecular weight is 283 g/mol. The number of hydrogen-bond donors (Lipinski definition) is 2. The fraction of sp³-hybridized carbons (Fsp3) is 0.533. The van der Waals surface area contributed by atoms with E-state index in [0.717, 1.165) is 12.0 Å². The Morgan fingerprint density at radius 1 is 1.32 bits per heavy atom. The maximum absolute atomic E-state index is 11.8. The Balaban J connectivity index is 2.92. The quantitative estimate of drug-likeness (QED) is 0.890. The molecule has 0 saturated heterocycles. The summed E-state index contributed by atoms with van der Waals surface area (Å²) in [4.78, 5) is 11.8. The summed E-state index contributed by atoms with van der Waals surface area (Å²) in [6.45, 7) is 8.13. The third kappa shape index (κ3) is 5.62. The molecular weight excluding hydrogens is 260 g/mol. The number of amides is 1. The van der Waals surface area contributed by atoms with E-state index < -0.39 is 6.04 Å². The molecule has 1 aromatic rings. The Hall–Kier alpha value is -1.06. The highest BCUT2D eigenvalue weighted by atomic mass is 35.5. The Morgan fingerprint density at radius 3 is 2.26 bits per heavy atom. The molecule has 1 amide bonds. The van der Waals surface area contributed by atoms with E-state index in [1.807, 2.05) is 24.3 Å². The van der Waals surface area contributed by atoms with Crippen molar-refractivity contribution in [3.8, 4) is 0 Å². The minimum Gasteiger partial charge on any atom is -0.348 e. The molecule has 1 unspecified atom stereocenters. The standard InChI is InChI=1S/C15H23ClN2O/c1-10(17)14(19)18-13(9-15(2,3)4)11-5-7-12(16)8-6-11/h5-8,10,13H,9,17H2,1-4H3,(H,18,19)/t10-,13?/m0/s1. The van der Waals surface area contributed by atoms with Gasteiger partial charge in [0, 0.05) is 5.02 Å². The summed E-state index contributed by atoms with van der Waals surface area (Å²) in [5.41, 5.74) is 6.77. The zero-order valence-electron chi connectivity index (χ0n) is 12.0. The van der Waals surface area contributed by atoms with Gasteiger partial charge in [-0.15, -0.1) is 0 Å². The van der Waals surface area contributed by atoms with Gasteiger partial charge in [-0.2, -0.15) is 0 Å². The molecular formula is C15H23ClN2O. The largest absolute Gasteiger partial charge is 0.348 e. The van der Waals surface area contributed by atoms with E-state index in [1.54, 1.807) is 6.92 Å². The fourth-order valence-electron chi connectivity index (χ4n) is 1.86. The van der Waals surface area contributed by atoms with Crippen LogP contribution in [0.5, 0.6) is 0 Å². The molecule has 0 saturated carbocycles. The number of nitrogens with two attached hydrogens (primary N) is 1. The highest BCUT2D eigenvalue weighted by Gasteiger charge is 2.22. The molecule has 0 aliphatic heterocycles. The van der Waals surface area contributed by atoms with E-state index in [9.17, 15) is 4.79 Å². The first kappa shape index (κ1) is 16.0. The first-order valence-corrected chi connectivity index (χ1v) is 6.88. The predicted molar refractivity (Wildman–Crippen MR) is 80.1 cm³/mol. The molecule has 3 nitrogen and oxygen atoms in total. The third-order valence-electron chi connectivity index (χ3n) is 2.82. The molecule has 0 spiro atoms. The second-order valence-corrected chi connectivity index (χ2v) is 6.60. The highest BCUT2D eigenvalue weighted by molar-refractivity contribution is 6.30. The van der Waals surface area contributed by atoms with Crippen LogP contribution in [0.25, 0.3) is 0 Å². The number of hydrogen-bond acceptors (Lipinski definition) is 2. The normalized spacial score (nSPS) is 14.8. The molecule has 0 aromatic heterocycles. The fourth-order valence-corrected chi connectivity index (χ4v) is 1.99. The molecule has 0 aliphatic carbocycles. The minimum absolute atomic E-state index is 0.0456. The molecule has 1 rings (SSSR count). The van der Waals surface area contributed by atoms with E-state index in [4.69, 9.17) is 17.3 Å². The van der Waals surface area contributed by atoms with Gasteiger partial charge in [-0.05, 0) is 36.5 Å². The van der Waals surface area contributed by atoms with Crippen molar-refractivity contribution < 1.29 is 4.79 Å². The number of benzene rings is 1. The van der Waals surface area contributed by atoms with Crippen molar-refractivity contribution in [3.05, 3.63) is 34.9 Å². The summed E-state index contributed by atoms with van der Waals surface area (Å²) in [6, 6.07) is 7.01. The van der Waals surface area contributed by atoms with E-state index >= 15 is 0 Å². The Kier molecular flexibility index (Phi) is 5.39. The first-order valence-electron chi connectivity index (χ1n) is 6.50. The second kappa shape index (κ2) is 6.40. The topological polar surface area (TPSA) is 55.1 Å². The van der Waals surface area contributed by atoms with Crippen LogP contribution in [0.1, 0.15) is 45.7 Å². The molecule has 19 heavy (non-hydrogen) atoms. The predicted octanol–water partition coefficient (Wildman–Crippen LogP) is 3.28. The molecule has 1 aromatic carbocycles. The lowest BCUT2D eigenvalue weighted by Crippen LogP contribution is -2.41. The number of carbonyl (C=O) groups excluding carboxylic acids is 1. The number of nitrogens with one attached hydrogen (secondary N) is 1. The Labute approximate surface area is 120 Å². The van der Waals surface area contributed by atoms with Crippen LogP contribution in [0.2, 0.25) is 5.02 Å². The van der Waals surface area contributed by atoms with Gasteiger partial charge in [0.1, 0.15) is 0 Å². The third-order valence-corrected chi connectivity index (χ3v) is 3.07. The van der Waals surface area contributed by atoms with E-state index in [1.165, 1.54) is 0 Å². The zero-order chi connectivity index (χ0) is 14.6. The van der Waals surface area contributed by atoms with Gasteiger partial charge in [0.2, 0.25) is 5.91 Å². The monoisotopic (exact) mass is 282 g/mol. The van der Waals surface area contributed by atoms with Crippen molar-refractivity contribution in [2.24, 2.45) is 11.1 Å². The number of halogens is 1. The van der Waals surface area contributed by atoms with Gasteiger partial charge in [0.15, 0.2) is 0 Å². The van der Waals surface area contributed by atoms with Crippen LogP contribution in [0, 0.1) is 5.41 Å². The van der Waals surface area contributed by atoms with Crippen LogP contribution >= 0.6 is 11.6 Å². The van der Waals surface area contributed by atoms with E-state index in [0.29, 0.717) is 5.02 Å². The number of rotatable bonds is 4. The lowest BCUT2D eigenvalue weighted by atomic mass is 9.85. The smallest absolute Gasteiger partial charge is 0.237 e. The Morgan fingerprint density at radius 2 is 1.84 bits per heavy atom. The van der Waals surface area contributed by atoms with Crippen LogP contribution in [0.15, 0.2) is 24.3 Å². The van der Waals surface area contributed by atoms with Crippen LogP contribution in [-0.4, -0.2) is 11.9 Å². The summed E-state index contributed by atoms with van der Waals surface area (Å²) >= 11 is 5.90. The summed E-state index contributed by atoms with van der Waals surface area (Å²) in [7, 11) is 0. The molecule has 3 N–H and O–H groups in total. The minimum atomic E-state index is -0.505. The van der Waals surface area contributed by atoms with Gasteiger partial charge in [-0.25, -0.2) is 0 Å². The van der Waals surface area contributed by atoms with Crippen molar-refractivity contribution in [2.45, 2.75) is 46.2 Å². The van der Waals surface area contributed by atoms with Gasteiger partial charge in [0.05, 0.1) is 12.1 Å². The van der Waals surface area contributed by atoms with Crippen molar-refractivity contribution >= 4 is 17.5 Å². The van der Waals surface area contributed by atoms with Crippen LogP contribution in [0.4, 0.5) is 0 Å². The SMILES string of the molecule is C[C@H](N)C(=O)NC(CC(C)(C)C)c1ccc(Cl)cc1. The molecule has 0 fully saturated rings. The van der Waals surface area contributed by atoms with E-state index in [-0.39, 0.29) is 17.4 Å². The van der Waals surface area contributed by atoms with Crippen molar-refractivity contribution in [1.29, 1.82) is 0 Å². The van der Waals surface area contributed by atoms with Gasteiger partial charge in [-0.1, -0.05) is 44.5 Å². The summed E-state index contributed by atoms with van der Waals surface area (Å²) in [5.74, 6) is -0.135. The van der Waals surface area contributed by atoms with Gasteiger partial charge in [-0.3, -0.25) is 4.79 Å². The molecule has 0 aliphatic rings. The molecule has 4 heteroatoms. The second-order valence-electron chi connectivity index (χ2n) is 6.17. The maximum atomic E-state index is 11.8. The van der Waals surface area contributed by atoms with Gasteiger partial charge in [0.25, 0.3) is 0 Å². The molecule has 0 heterocycles. The molecule has 106 valence electrons. The number of carbonyl (C=O) groups is 1. The highest BCUT2D eigenvalue weighted by Crippen LogP contribution is 2.30. The van der Waals surface area contributed by atoms with Crippen LogP contribution in [0.3, 0.4) is 0 Å². The maximum Gasteiger partial charge on any atom is 0.237 e. The van der Waals surface area contributed by atoms with Crippen LogP contribution in [-0.2, 0) is 4.79 Å². The van der Waals surface area contributed by atoms with E-state index in [2.05, 4.69) is 26.1 Å². The lowest BCUT2D eigenvalue weighted by molar-refractivity contribution is -0.122. The molecule has 0 radical (unpaired) electrons. The molecule has 2 atom stereocenters. The first-order chi connectivity index (χ1) is 8.69.